The molecule has 0 aliphatic rings. The Balaban J connectivity index is 2.05. The topological polar surface area (TPSA) is 45.2 Å². The van der Waals surface area contributed by atoms with Gasteiger partial charge in [-0.25, -0.2) is 9.37 Å². The molecule has 1 heterocycles. The summed E-state index contributed by atoms with van der Waals surface area (Å²) in [5.41, 5.74) is 1.34. The average Bonchev–Trinajstić information content (AvgIpc) is 2.47. The Morgan fingerprint density at radius 2 is 1.86 bits per heavy atom. The van der Waals surface area contributed by atoms with Gasteiger partial charge in [0.2, 0.25) is 0 Å². The lowest BCUT2D eigenvalue weighted by Gasteiger charge is -2.15. The molecule has 2 aromatic rings. The number of benzene rings is 1. The number of amides is 1. The predicted octanol–water partition coefficient (Wildman–Crippen LogP) is 2.78. The molecule has 1 aromatic heterocycles. The monoisotopic (exact) mass is 287 g/mol. The lowest BCUT2D eigenvalue weighted by atomic mass is 10.1. The second kappa shape index (κ2) is 6.35. The normalized spacial score (nSPS) is 11.8. The summed E-state index contributed by atoms with van der Waals surface area (Å²) in [6, 6.07) is 9.40. The molecule has 1 unspecified atom stereocenters. The van der Waals surface area contributed by atoms with Crippen LogP contribution in [0, 0.1) is 5.82 Å². The second-order valence-electron chi connectivity index (χ2n) is 5.05. The number of carbonyl (C=O) groups is 1. The minimum absolute atomic E-state index is 0.202. The Labute approximate surface area is 123 Å². The fourth-order valence-electron chi connectivity index (χ4n) is 1.90. The van der Waals surface area contributed by atoms with Gasteiger partial charge >= 0.3 is 0 Å². The van der Waals surface area contributed by atoms with Crippen LogP contribution in [0.15, 0.2) is 42.6 Å². The summed E-state index contributed by atoms with van der Waals surface area (Å²) >= 11 is 0. The van der Waals surface area contributed by atoms with Gasteiger partial charge in [0.25, 0.3) is 5.91 Å². The molecule has 0 spiro atoms. The van der Waals surface area contributed by atoms with Gasteiger partial charge < -0.3 is 10.2 Å². The van der Waals surface area contributed by atoms with E-state index in [1.165, 1.54) is 12.1 Å². The molecule has 0 fully saturated rings. The first-order valence-electron chi connectivity index (χ1n) is 6.67. The number of nitrogens with zero attached hydrogens (tertiary/aromatic N) is 2. The molecular weight excluding hydrogens is 269 g/mol. The van der Waals surface area contributed by atoms with Crippen molar-refractivity contribution >= 4 is 11.7 Å². The Kier molecular flexibility index (Phi) is 4.52. The Hall–Kier alpha value is -2.43. The summed E-state index contributed by atoms with van der Waals surface area (Å²) in [7, 11) is 3.78. The van der Waals surface area contributed by atoms with E-state index in [1.807, 2.05) is 25.9 Å². The standard InChI is InChI=1S/C16H18FN3O/c1-11(12-4-7-14(17)8-5-12)19-16(21)13-6-9-15(18-10-13)20(2)3/h4-11H,1-3H3,(H,19,21). The predicted molar refractivity (Wildman–Crippen MR) is 80.8 cm³/mol. The zero-order valence-corrected chi connectivity index (χ0v) is 12.3. The fraction of sp³-hybridized carbons (Fsp3) is 0.250. The number of carbonyl (C=O) groups excluding carboxylic acids is 1. The quantitative estimate of drug-likeness (QED) is 0.940. The first-order chi connectivity index (χ1) is 9.97. The van der Waals surface area contributed by atoms with E-state index in [0.717, 1.165) is 11.4 Å². The maximum atomic E-state index is 12.9. The van der Waals surface area contributed by atoms with Crippen molar-refractivity contribution in [2.45, 2.75) is 13.0 Å². The third kappa shape index (κ3) is 3.78. The average molecular weight is 287 g/mol. The largest absolute Gasteiger partial charge is 0.363 e. The van der Waals surface area contributed by atoms with E-state index < -0.39 is 0 Å². The molecule has 1 amide bonds. The highest BCUT2D eigenvalue weighted by atomic mass is 19.1. The van der Waals surface area contributed by atoms with Crippen molar-refractivity contribution in [3.63, 3.8) is 0 Å². The highest BCUT2D eigenvalue weighted by Crippen LogP contribution is 2.14. The number of pyridine rings is 1. The molecule has 1 aromatic carbocycles. The number of aromatic nitrogens is 1. The molecule has 2 rings (SSSR count). The van der Waals surface area contributed by atoms with Crippen LogP contribution in [0.25, 0.3) is 0 Å². The molecule has 0 saturated carbocycles. The van der Waals surface area contributed by atoms with Crippen molar-refractivity contribution in [1.29, 1.82) is 0 Å². The molecule has 1 N–H and O–H groups in total. The van der Waals surface area contributed by atoms with E-state index in [4.69, 9.17) is 0 Å². The third-order valence-corrected chi connectivity index (χ3v) is 3.19. The molecule has 0 bridgehead atoms. The molecule has 4 nitrogen and oxygen atoms in total. The molecule has 0 radical (unpaired) electrons. The van der Waals surface area contributed by atoms with Gasteiger partial charge in [-0.15, -0.1) is 0 Å². The third-order valence-electron chi connectivity index (χ3n) is 3.19. The molecular formula is C16H18FN3O. The number of hydrogen-bond donors (Lipinski definition) is 1. The summed E-state index contributed by atoms with van der Waals surface area (Å²) in [6.07, 6.45) is 1.54. The number of halogens is 1. The highest BCUT2D eigenvalue weighted by molar-refractivity contribution is 5.94. The van der Waals surface area contributed by atoms with Crippen LogP contribution in [-0.4, -0.2) is 25.0 Å². The van der Waals surface area contributed by atoms with Gasteiger partial charge in [0.15, 0.2) is 0 Å². The zero-order valence-electron chi connectivity index (χ0n) is 12.3. The highest BCUT2D eigenvalue weighted by Gasteiger charge is 2.12. The first-order valence-corrected chi connectivity index (χ1v) is 6.67. The van der Waals surface area contributed by atoms with Gasteiger partial charge in [-0.05, 0) is 36.8 Å². The van der Waals surface area contributed by atoms with E-state index >= 15 is 0 Å². The maximum Gasteiger partial charge on any atom is 0.253 e. The van der Waals surface area contributed by atoms with Crippen LogP contribution in [0.2, 0.25) is 0 Å². The molecule has 110 valence electrons. The van der Waals surface area contributed by atoms with Gasteiger partial charge in [-0.1, -0.05) is 12.1 Å². The van der Waals surface area contributed by atoms with Crippen LogP contribution < -0.4 is 10.2 Å². The maximum absolute atomic E-state index is 12.9. The molecule has 0 aliphatic heterocycles. The van der Waals surface area contributed by atoms with Crippen molar-refractivity contribution in [2.75, 3.05) is 19.0 Å². The fourth-order valence-corrected chi connectivity index (χ4v) is 1.90. The Bertz CT molecular complexity index is 608. The van der Waals surface area contributed by atoms with E-state index in [2.05, 4.69) is 10.3 Å². The number of anilines is 1. The first kappa shape index (κ1) is 15.0. The number of rotatable bonds is 4. The van der Waals surface area contributed by atoms with Crippen molar-refractivity contribution in [1.82, 2.24) is 10.3 Å². The van der Waals surface area contributed by atoms with Crippen molar-refractivity contribution < 1.29 is 9.18 Å². The molecule has 5 heteroatoms. The van der Waals surface area contributed by atoms with Gasteiger partial charge in [0, 0.05) is 20.3 Å². The Morgan fingerprint density at radius 1 is 1.19 bits per heavy atom. The lowest BCUT2D eigenvalue weighted by molar-refractivity contribution is 0.0939. The molecule has 1 atom stereocenters. The minimum Gasteiger partial charge on any atom is -0.363 e. The van der Waals surface area contributed by atoms with Crippen molar-refractivity contribution in [2.24, 2.45) is 0 Å². The van der Waals surface area contributed by atoms with Crippen LogP contribution in [0.3, 0.4) is 0 Å². The van der Waals surface area contributed by atoms with Crippen molar-refractivity contribution in [3.05, 3.63) is 59.5 Å². The number of hydrogen-bond acceptors (Lipinski definition) is 3. The summed E-state index contributed by atoms with van der Waals surface area (Å²) in [4.78, 5) is 18.2. The zero-order chi connectivity index (χ0) is 15.4. The summed E-state index contributed by atoms with van der Waals surface area (Å²) in [5.74, 6) is 0.295. The van der Waals surface area contributed by atoms with Crippen LogP contribution in [0.4, 0.5) is 10.2 Å². The van der Waals surface area contributed by atoms with Gasteiger partial charge in [-0.2, -0.15) is 0 Å². The Morgan fingerprint density at radius 3 is 2.38 bits per heavy atom. The lowest BCUT2D eigenvalue weighted by Crippen LogP contribution is -2.26. The minimum atomic E-state index is -0.291. The van der Waals surface area contributed by atoms with Crippen LogP contribution in [0.5, 0.6) is 0 Å². The SMILES string of the molecule is CC(NC(=O)c1ccc(N(C)C)nc1)c1ccc(F)cc1. The van der Waals surface area contributed by atoms with E-state index in [9.17, 15) is 9.18 Å². The van der Waals surface area contributed by atoms with Gasteiger partial charge in [-0.3, -0.25) is 4.79 Å². The summed E-state index contributed by atoms with van der Waals surface area (Å²) in [5, 5.41) is 2.87. The molecule has 21 heavy (non-hydrogen) atoms. The summed E-state index contributed by atoms with van der Waals surface area (Å²) in [6.45, 7) is 1.85. The second-order valence-corrected chi connectivity index (χ2v) is 5.05. The number of nitrogens with one attached hydrogen (secondary N) is 1. The summed E-state index contributed by atoms with van der Waals surface area (Å²) < 4.78 is 12.9. The smallest absolute Gasteiger partial charge is 0.253 e. The van der Waals surface area contributed by atoms with E-state index in [-0.39, 0.29) is 17.8 Å². The van der Waals surface area contributed by atoms with E-state index in [0.29, 0.717) is 5.56 Å². The van der Waals surface area contributed by atoms with Crippen LogP contribution in [0.1, 0.15) is 28.9 Å². The molecule has 0 aliphatic carbocycles. The van der Waals surface area contributed by atoms with Gasteiger partial charge in [0.05, 0.1) is 11.6 Å². The van der Waals surface area contributed by atoms with Gasteiger partial charge in [0.1, 0.15) is 11.6 Å². The van der Waals surface area contributed by atoms with E-state index in [1.54, 1.807) is 30.5 Å². The van der Waals surface area contributed by atoms with Crippen LogP contribution >= 0.6 is 0 Å². The molecule has 0 saturated heterocycles. The van der Waals surface area contributed by atoms with Crippen molar-refractivity contribution in [3.8, 4) is 0 Å². The van der Waals surface area contributed by atoms with Crippen LogP contribution in [-0.2, 0) is 0 Å².